The van der Waals surface area contributed by atoms with E-state index in [1.807, 2.05) is 13.0 Å². The molecule has 2 saturated heterocycles. The van der Waals surface area contributed by atoms with Crippen LogP contribution >= 0.6 is 0 Å². The predicted octanol–water partition coefficient (Wildman–Crippen LogP) is 0.909. The summed E-state index contributed by atoms with van der Waals surface area (Å²) in [6.07, 6.45) is 0.344. The number of rotatable bonds is 1. The van der Waals surface area contributed by atoms with Gasteiger partial charge in [-0.05, 0) is 26.1 Å². The predicted molar refractivity (Wildman–Crippen MR) is 67.3 cm³/mol. The topological polar surface area (TPSA) is 28.6 Å². The van der Waals surface area contributed by atoms with E-state index in [9.17, 15) is 0 Å². The molecule has 0 aliphatic carbocycles. The summed E-state index contributed by atoms with van der Waals surface area (Å²) in [5.74, 6) is 1.08. The molecule has 0 aromatic carbocycles. The number of aromatic nitrogens is 1. The largest absolute Gasteiger partial charge is 0.373 e. The number of pyridine rings is 1. The third-order valence-corrected chi connectivity index (χ3v) is 3.78. The average Bonchev–Trinajstić information content (AvgIpc) is 2.74. The van der Waals surface area contributed by atoms with Gasteiger partial charge in [-0.25, -0.2) is 4.98 Å². The minimum atomic E-state index is 0.344. The van der Waals surface area contributed by atoms with Crippen LogP contribution in [0.4, 0.5) is 5.82 Å². The number of morpholine rings is 1. The Hall–Kier alpha value is -1.13. The van der Waals surface area contributed by atoms with Crippen LogP contribution in [0.25, 0.3) is 0 Å². The summed E-state index contributed by atoms with van der Waals surface area (Å²) in [4.78, 5) is 9.33. The fourth-order valence-electron chi connectivity index (χ4n) is 2.75. The zero-order valence-electron chi connectivity index (χ0n) is 10.5. The van der Waals surface area contributed by atoms with Gasteiger partial charge in [0.1, 0.15) is 5.82 Å². The molecule has 0 saturated carbocycles. The Morgan fingerprint density at radius 2 is 2.24 bits per heavy atom. The maximum atomic E-state index is 5.84. The first-order chi connectivity index (χ1) is 8.24. The van der Waals surface area contributed by atoms with Gasteiger partial charge in [-0.2, -0.15) is 0 Å². The molecule has 0 unspecified atom stereocenters. The molecule has 2 fully saturated rings. The number of anilines is 1. The SMILES string of the molecule is Cc1cccc(N2C[C@@H]3[C@@H](C2)OCCN3C)n1. The van der Waals surface area contributed by atoms with Crippen molar-refractivity contribution in [1.82, 2.24) is 9.88 Å². The van der Waals surface area contributed by atoms with E-state index in [1.54, 1.807) is 0 Å². The second kappa shape index (κ2) is 4.27. The summed E-state index contributed by atoms with van der Waals surface area (Å²) >= 11 is 0. The van der Waals surface area contributed by atoms with Crippen LogP contribution in [-0.2, 0) is 4.74 Å². The van der Waals surface area contributed by atoms with Gasteiger partial charge in [-0.3, -0.25) is 4.90 Å². The first kappa shape index (κ1) is 11.0. The Morgan fingerprint density at radius 1 is 1.35 bits per heavy atom. The van der Waals surface area contributed by atoms with Crippen molar-refractivity contribution < 1.29 is 4.74 Å². The molecule has 2 aliphatic heterocycles. The fraction of sp³-hybridized carbons (Fsp3) is 0.615. The number of hydrogen-bond donors (Lipinski definition) is 0. The molecule has 2 aliphatic rings. The first-order valence-electron chi connectivity index (χ1n) is 6.24. The van der Waals surface area contributed by atoms with Crippen LogP contribution in [0.1, 0.15) is 5.69 Å². The molecule has 4 heteroatoms. The highest BCUT2D eigenvalue weighted by molar-refractivity contribution is 5.41. The molecule has 3 rings (SSSR count). The van der Waals surface area contributed by atoms with E-state index in [1.165, 1.54) is 0 Å². The lowest BCUT2D eigenvalue weighted by Crippen LogP contribution is -2.48. The highest BCUT2D eigenvalue weighted by Gasteiger charge is 2.38. The van der Waals surface area contributed by atoms with Gasteiger partial charge in [-0.15, -0.1) is 0 Å². The Morgan fingerprint density at radius 3 is 3.00 bits per heavy atom. The summed E-state index contributed by atoms with van der Waals surface area (Å²) in [5.41, 5.74) is 1.08. The summed E-state index contributed by atoms with van der Waals surface area (Å²) in [5, 5.41) is 0. The van der Waals surface area contributed by atoms with Crippen molar-refractivity contribution in [3.63, 3.8) is 0 Å². The molecule has 0 N–H and O–H groups in total. The van der Waals surface area contributed by atoms with Crippen LogP contribution in [0, 0.1) is 6.92 Å². The van der Waals surface area contributed by atoms with E-state index in [2.05, 4.69) is 34.0 Å². The standard InChI is InChI=1S/C13H19N3O/c1-10-4-3-5-13(14-10)16-8-11-12(9-16)17-7-6-15(11)2/h3-5,11-12H,6-9H2,1-2H3/t11-,12-/m1/s1. The Kier molecular flexibility index (Phi) is 2.76. The lowest BCUT2D eigenvalue weighted by atomic mass is 10.1. The van der Waals surface area contributed by atoms with Gasteiger partial charge in [-0.1, -0.05) is 6.07 Å². The van der Waals surface area contributed by atoms with Gasteiger partial charge in [0.15, 0.2) is 0 Å². The number of fused-ring (bicyclic) bond motifs is 1. The van der Waals surface area contributed by atoms with Gasteiger partial charge in [0, 0.05) is 25.3 Å². The van der Waals surface area contributed by atoms with Gasteiger partial charge < -0.3 is 9.64 Å². The molecular weight excluding hydrogens is 214 g/mol. The van der Waals surface area contributed by atoms with Gasteiger partial charge >= 0.3 is 0 Å². The number of hydrogen-bond acceptors (Lipinski definition) is 4. The third kappa shape index (κ3) is 2.03. The van der Waals surface area contributed by atoms with Crippen LogP contribution in [-0.4, -0.2) is 55.3 Å². The number of ether oxygens (including phenoxy) is 1. The number of nitrogens with zero attached hydrogens (tertiary/aromatic N) is 3. The maximum Gasteiger partial charge on any atom is 0.128 e. The normalized spacial score (nSPS) is 29.4. The van der Waals surface area contributed by atoms with Gasteiger partial charge in [0.05, 0.1) is 18.8 Å². The van der Waals surface area contributed by atoms with Gasteiger partial charge in [0.25, 0.3) is 0 Å². The number of aryl methyl sites for hydroxylation is 1. The minimum absolute atomic E-state index is 0.344. The van der Waals surface area contributed by atoms with Crippen molar-refractivity contribution in [2.24, 2.45) is 0 Å². The smallest absolute Gasteiger partial charge is 0.128 e. The lowest BCUT2D eigenvalue weighted by molar-refractivity contribution is -0.0362. The molecule has 2 atom stereocenters. The van der Waals surface area contributed by atoms with Gasteiger partial charge in [0.2, 0.25) is 0 Å². The summed E-state index contributed by atoms with van der Waals surface area (Å²) in [7, 11) is 2.19. The van der Waals surface area contributed by atoms with E-state index < -0.39 is 0 Å². The third-order valence-electron chi connectivity index (χ3n) is 3.78. The van der Waals surface area contributed by atoms with E-state index in [0.717, 1.165) is 37.8 Å². The molecular formula is C13H19N3O. The van der Waals surface area contributed by atoms with E-state index >= 15 is 0 Å². The average molecular weight is 233 g/mol. The molecule has 0 spiro atoms. The maximum absolute atomic E-state index is 5.84. The molecule has 0 amide bonds. The molecule has 0 bridgehead atoms. The lowest BCUT2D eigenvalue weighted by Gasteiger charge is -2.33. The summed E-state index contributed by atoms with van der Waals surface area (Å²) in [6, 6.07) is 6.72. The molecule has 4 nitrogen and oxygen atoms in total. The van der Waals surface area contributed by atoms with Crippen molar-refractivity contribution in [1.29, 1.82) is 0 Å². The zero-order chi connectivity index (χ0) is 11.8. The summed E-state index contributed by atoms with van der Waals surface area (Å²) < 4.78 is 5.84. The first-order valence-corrected chi connectivity index (χ1v) is 6.24. The van der Waals surface area contributed by atoms with E-state index in [4.69, 9.17) is 4.74 Å². The monoisotopic (exact) mass is 233 g/mol. The van der Waals surface area contributed by atoms with E-state index in [0.29, 0.717) is 12.1 Å². The Balaban J connectivity index is 1.79. The van der Waals surface area contributed by atoms with Crippen LogP contribution < -0.4 is 4.90 Å². The summed E-state index contributed by atoms with van der Waals surface area (Å²) in [6.45, 7) is 5.92. The molecule has 1 aromatic rings. The quantitative estimate of drug-likeness (QED) is 0.721. The highest BCUT2D eigenvalue weighted by atomic mass is 16.5. The van der Waals surface area contributed by atoms with Crippen molar-refractivity contribution in [2.45, 2.75) is 19.1 Å². The Bertz CT molecular complexity index is 409. The van der Waals surface area contributed by atoms with Crippen LogP contribution in [0.3, 0.4) is 0 Å². The van der Waals surface area contributed by atoms with Crippen molar-refractivity contribution in [2.75, 3.05) is 38.2 Å². The Labute approximate surface area is 102 Å². The highest BCUT2D eigenvalue weighted by Crippen LogP contribution is 2.25. The zero-order valence-corrected chi connectivity index (χ0v) is 10.5. The van der Waals surface area contributed by atoms with Crippen LogP contribution in [0.15, 0.2) is 18.2 Å². The molecule has 0 radical (unpaired) electrons. The van der Waals surface area contributed by atoms with Crippen molar-refractivity contribution >= 4 is 5.82 Å². The molecule has 1 aromatic heterocycles. The van der Waals surface area contributed by atoms with E-state index in [-0.39, 0.29) is 0 Å². The molecule has 17 heavy (non-hydrogen) atoms. The fourth-order valence-corrected chi connectivity index (χ4v) is 2.75. The van der Waals surface area contributed by atoms with Crippen LogP contribution in [0.2, 0.25) is 0 Å². The minimum Gasteiger partial charge on any atom is -0.373 e. The number of likely N-dealkylation sites (N-methyl/N-ethyl adjacent to an activating group) is 1. The van der Waals surface area contributed by atoms with Crippen molar-refractivity contribution in [3.8, 4) is 0 Å². The second-order valence-corrected chi connectivity index (χ2v) is 5.00. The molecule has 92 valence electrons. The second-order valence-electron chi connectivity index (χ2n) is 5.00. The van der Waals surface area contributed by atoms with Crippen molar-refractivity contribution in [3.05, 3.63) is 23.9 Å². The van der Waals surface area contributed by atoms with Crippen LogP contribution in [0.5, 0.6) is 0 Å². The molecule has 3 heterocycles.